The molecule has 0 atom stereocenters. The molecule has 0 radical (unpaired) electrons. The lowest BCUT2D eigenvalue weighted by Gasteiger charge is -2.06. The number of benzene rings is 2. The molecule has 6 heteroatoms. The van der Waals surface area contributed by atoms with Gasteiger partial charge in [-0.25, -0.2) is 13.9 Å². The van der Waals surface area contributed by atoms with Gasteiger partial charge < -0.3 is 5.32 Å². The Morgan fingerprint density at radius 1 is 1.00 bits per heavy atom. The van der Waals surface area contributed by atoms with Crippen molar-refractivity contribution in [3.8, 4) is 0 Å². The average molecular weight is 345 g/mol. The number of hydrogen-bond donors (Lipinski definition) is 1. The van der Waals surface area contributed by atoms with Gasteiger partial charge in [0.25, 0.3) is 5.78 Å². The minimum absolute atomic E-state index is 0.160. The predicted molar refractivity (Wildman–Crippen MR) is 102 cm³/mol. The molecule has 2 heterocycles. The van der Waals surface area contributed by atoms with E-state index in [1.165, 1.54) is 10.2 Å². The number of rotatable bonds is 5. The van der Waals surface area contributed by atoms with E-state index in [4.69, 9.17) is 0 Å². The molecule has 0 amide bonds. The second kappa shape index (κ2) is 6.84. The van der Waals surface area contributed by atoms with E-state index in [9.17, 15) is 4.79 Å². The molecule has 0 saturated heterocycles. The molecule has 2 aromatic heterocycles. The summed E-state index contributed by atoms with van der Waals surface area (Å²) in [6, 6.07) is 21.7. The zero-order valence-electron chi connectivity index (χ0n) is 14.5. The summed E-state index contributed by atoms with van der Waals surface area (Å²) in [6.45, 7) is 2.41. The molecular formula is C20H19N5O. The highest BCUT2D eigenvalue weighted by Gasteiger charge is 2.12. The lowest BCUT2D eigenvalue weighted by Crippen LogP contribution is -2.23. The van der Waals surface area contributed by atoms with E-state index < -0.39 is 0 Å². The first-order chi connectivity index (χ1) is 12.7. The summed E-state index contributed by atoms with van der Waals surface area (Å²) < 4.78 is 3.02. The quantitative estimate of drug-likeness (QED) is 0.603. The fourth-order valence-corrected chi connectivity index (χ4v) is 2.94. The zero-order chi connectivity index (χ0) is 17.9. The molecule has 0 bridgehead atoms. The van der Waals surface area contributed by atoms with Crippen LogP contribution in [-0.2, 0) is 13.0 Å². The van der Waals surface area contributed by atoms with Crippen molar-refractivity contribution < 1.29 is 0 Å². The Kier molecular flexibility index (Phi) is 4.23. The molecule has 1 N–H and O–H groups in total. The molecule has 4 rings (SSSR count). The van der Waals surface area contributed by atoms with Gasteiger partial charge in [-0.1, -0.05) is 48.5 Å². The molecule has 130 valence electrons. The molecule has 6 nitrogen and oxygen atoms in total. The van der Waals surface area contributed by atoms with E-state index in [2.05, 4.69) is 15.4 Å². The van der Waals surface area contributed by atoms with Crippen molar-refractivity contribution >= 4 is 17.3 Å². The highest BCUT2D eigenvalue weighted by Crippen LogP contribution is 2.15. The van der Waals surface area contributed by atoms with Gasteiger partial charge in [-0.15, -0.1) is 5.10 Å². The molecule has 0 aliphatic heterocycles. The van der Waals surface area contributed by atoms with E-state index in [0.29, 0.717) is 18.1 Å². The summed E-state index contributed by atoms with van der Waals surface area (Å²) in [4.78, 5) is 17.1. The lowest BCUT2D eigenvalue weighted by atomic mass is 10.2. The number of aromatic nitrogens is 4. The van der Waals surface area contributed by atoms with Gasteiger partial charge in [0.15, 0.2) is 0 Å². The summed E-state index contributed by atoms with van der Waals surface area (Å²) in [5.41, 5.74) is 2.75. The zero-order valence-corrected chi connectivity index (χ0v) is 14.5. The fraction of sp³-hybridized carbons (Fsp3) is 0.150. The second-order valence-electron chi connectivity index (χ2n) is 6.15. The molecule has 0 unspecified atom stereocenters. The summed E-state index contributed by atoms with van der Waals surface area (Å²) in [5, 5.41) is 7.65. The molecule has 4 aromatic rings. The number of nitrogens with zero attached hydrogens (tertiary/aromatic N) is 4. The van der Waals surface area contributed by atoms with E-state index in [-0.39, 0.29) is 5.69 Å². The fourth-order valence-electron chi connectivity index (χ4n) is 2.94. The Morgan fingerprint density at radius 2 is 1.69 bits per heavy atom. The Bertz CT molecular complexity index is 1080. The van der Waals surface area contributed by atoms with Crippen molar-refractivity contribution in [1.29, 1.82) is 0 Å². The van der Waals surface area contributed by atoms with Gasteiger partial charge in [0, 0.05) is 17.4 Å². The third-order valence-corrected chi connectivity index (χ3v) is 4.24. The van der Waals surface area contributed by atoms with Crippen molar-refractivity contribution in [3.63, 3.8) is 0 Å². The molecular weight excluding hydrogens is 326 g/mol. The summed E-state index contributed by atoms with van der Waals surface area (Å²) >= 11 is 0. The standard InChI is InChI=1S/C20H19N5O/c1-15-14-18(21-17-10-6-3-7-11-17)22-19-23-24(20(26)25(15)19)13-12-16-8-4-2-5-9-16/h2-11,14H,12-13H2,1H3,(H,21,22,23). The minimum Gasteiger partial charge on any atom is -0.340 e. The van der Waals surface area contributed by atoms with Crippen LogP contribution in [0.4, 0.5) is 11.5 Å². The van der Waals surface area contributed by atoms with Crippen LogP contribution in [0.15, 0.2) is 71.5 Å². The monoisotopic (exact) mass is 345 g/mol. The van der Waals surface area contributed by atoms with Gasteiger partial charge in [-0.2, -0.15) is 4.98 Å². The van der Waals surface area contributed by atoms with Crippen LogP contribution >= 0.6 is 0 Å². The van der Waals surface area contributed by atoms with Crippen LogP contribution in [0.25, 0.3) is 5.78 Å². The van der Waals surface area contributed by atoms with Crippen LogP contribution in [-0.4, -0.2) is 19.2 Å². The molecule has 0 saturated carbocycles. The van der Waals surface area contributed by atoms with Crippen molar-refractivity contribution in [3.05, 3.63) is 88.5 Å². The van der Waals surface area contributed by atoms with Gasteiger partial charge in [-0.05, 0) is 31.0 Å². The first-order valence-electron chi connectivity index (χ1n) is 8.54. The van der Waals surface area contributed by atoms with Crippen LogP contribution in [0, 0.1) is 6.92 Å². The third-order valence-electron chi connectivity index (χ3n) is 4.24. The number of hydrogen-bond acceptors (Lipinski definition) is 4. The van der Waals surface area contributed by atoms with Gasteiger partial charge in [0.2, 0.25) is 0 Å². The van der Waals surface area contributed by atoms with Crippen LogP contribution in [0.2, 0.25) is 0 Å². The third kappa shape index (κ3) is 3.21. The number of para-hydroxylation sites is 1. The number of aryl methyl sites for hydroxylation is 3. The second-order valence-corrected chi connectivity index (χ2v) is 6.15. The first kappa shape index (κ1) is 16.1. The van der Waals surface area contributed by atoms with Crippen molar-refractivity contribution in [2.45, 2.75) is 19.9 Å². The van der Waals surface area contributed by atoms with Crippen molar-refractivity contribution in [2.75, 3.05) is 5.32 Å². The molecule has 0 aliphatic rings. The van der Waals surface area contributed by atoms with E-state index in [1.807, 2.05) is 73.7 Å². The van der Waals surface area contributed by atoms with Gasteiger partial charge in [-0.3, -0.25) is 0 Å². The molecule has 0 spiro atoms. The Hall–Kier alpha value is -3.41. The highest BCUT2D eigenvalue weighted by molar-refractivity contribution is 5.57. The Labute approximate surface area is 150 Å². The Morgan fingerprint density at radius 3 is 2.42 bits per heavy atom. The van der Waals surface area contributed by atoms with Crippen LogP contribution in [0.3, 0.4) is 0 Å². The van der Waals surface area contributed by atoms with Crippen molar-refractivity contribution in [2.24, 2.45) is 0 Å². The maximum atomic E-state index is 12.6. The van der Waals surface area contributed by atoms with Crippen LogP contribution < -0.4 is 11.0 Å². The van der Waals surface area contributed by atoms with Crippen LogP contribution in [0.1, 0.15) is 11.3 Å². The number of nitrogens with one attached hydrogen (secondary N) is 1. The van der Waals surface area contributed by atoms with Crippen molar-refractivity contribution in [1.82, 2.24) is 19.2 Å². The minimum atomic E-state index is -0.160. The maximum Gasteiger partial charge on any atom is 0.351 e. The number of fused-ring (bicyclic) bond motifs is 1. The topological polar surface area (TPSA) is 64.2 Å². The van der Waals surface area contributed by atoms with E-state index in [0.717, 1.165) is 17.8 Å². The smallest absolute Gasteiger partial charge is 0.340 e. The lowest BCUT2D eigenvalue weighted by molar-refractivity contribution is 0.591. The molecule has 2 aromatic carbocycles. The van der Waals surface area contributed by atoms with E-state index >= 15 is 0 Å². The summed E-state index contributed by atoms with van der Waals surface area (Å²) in [6.07, 6.45) is 0.749. The Balaban J connectivity index is 1.63. The molecule has 0 fully saturated rings. The summed E-state index contributed by atoms with van der Waals surface area (Å²) in [7, 11) is 0. The normalized spacial score (nSPS) is 11.0. The van der Waals surface area contributed by atoms with Gasteiger partial charge in [0.1, 0.15) is 5.82 Å². The largest absolute Gasteiger partial charge is 0.351 e. The molecule has 26 heavy (non-hydrogen) atoms. The van der Waals surface area contributed by atoms with Crippen LogP contribution in [0.5, 0.6) is 0 Å². The predicted octanol–water partition coefficient (Wildman–Crippen LogP) is 3.19. The SMILES string of the molecule is Cc1cc(Nc2ccccc2)nc2nn(CCc3ccccc3)c(=O)n12. The molecule has 0 aliphatic carbocycles. The number of anilines is 2. The highest BCUT2D eigenvalue weighted by atomic mass is 16.2. The first-order valence-corrected chi connectivity index (χ1v) is 8.54. The van der Waals surface area contributed by atoms with E-state index in [1.54, 1.807) is 4.40 Å². The van der Waals surface area contributed by atoms with Gasteiger partial charge in [0.05, 0.1) is 6.54 Å². The average Bonchev–Trinajstić information content (AvgIpc) is 2.98. The summed E-state index contributed by atoms with van der Waals surface area (Å²) in [5.74, 6) is 1.07. The maximum absolute atomic E-state index is 12.6. The van der Waals surface area contributed by atoms with Gasteiger partial charge >= 0.3 is 5.69 Å².